The average Bonchev–Trinajstić information content (AvgIpc) is 2.61. The molecule has 1 aromatic rings. The Kier molecular flexibility index (Phi) is 5.10. The molecule has 1 fully saturated rings. The van der Waals surface area contributed by atoms with Crippen LogP contribution in [0.5, 0.6) is 0 Å². The third-order valence-electron chi connectivity index (χ3n) is 2.79. The van der Waals surface area contributed by atoms with E-state index >= 15 is 0 Å². The molecular weight excluding hydrogens is 296 g/mol. The topological polar surface area (TPSA) is 57.3 Å². The van der Waals surface area contributed by atoms with Gasteiger partial charge >= 0.3 is 0 Å². The first-order valence-electron chi connectivity index (χ1n) is 6.08. The van der Waals surface area contributed by atoms with Crippen molar-refractivity contribution in [2.24, 2.45) is 0 Å². The van der Waals surface area contributed by atoms with Gasteiger partial charge in [0.05, 0.1) is 6.54 Å². The van der Waals surface area contributed by atoms with Gasteiger partial charge in [-0.3, -0.25) is 9.69 Å². The van der Waals surface area contributed by atoms with E-state index in [-0.39, 0.29) is 5.91 Å². The van der Waals surface area contributed by atoms with Gasteiger partial charge in [-0.15, -0.1) is 0 Å². The van der Waals surface area contributed by atoms with Crippen LogP contribution in [-0.2, 0) is 4.79 Å². The molecule has 2 heterocycles. The van der Waals surface area contributed by atoms with Crippen LogP contribution >= 0.6 is 15.9 Å². The van der Waals surface area contributed by atoms with E-state index in [2.05, 4.69) is 36.4 Å². The van der Waals surface area contributed by atoms with Gasteiger partial charge in [0.1, 0.15) is 5.82 Å². The van der Waals surface area contributed by atoms with E-state index in [1.807, 2.05) is 6.07 Å². The highest BCUT2D eigenvalue weighted by Gasteiger charge is 2.12. The second kappa shape index (κ2) is 6.82. The molecule has 98 valence electrons. The molecule has 18 heavy (non-hydrogen) atoms. The molecule has 6 heteroatoms. The fourth-order valence-corrected chi connectivity index (χ4v) is 2.13. The van der Waals surface area contributed by atoms with Gasteiger partial charge in [-0.2, -0.15) is 0 Å². The van der Waals surface area contributed by atoms with Crippen molar-refractivity contribution in [1.82, 2.24) is 15.2 Å². The number of pyridine rings is 1. The van der Waals surface area contributed by atoms with Crippen molar-refractivity contribution in [2.75, 3.05) is 38.0 Å². The number of hydrogen-bond donors (Lipinski definition) is 2. The van der Waals surface area contributed by atoms with Crippen LogP contribution in [0.15, 0.2) is 22.8 Å². The third-order valence-corrected chi connectivity index (χ3v) is 3.26. The Bertz CT molecular complexity index is 388. The van der Waals surface area contributed by atoms with Gasteiger partial charge in [-0.05, 0) is 47.6 Å². The Hall–Kier alpha value is -0.980. The maximum absolute atomic E-state index is 11.9. The summed E-state index contributed by atoms with van der Waals surface area (Å²) in [5.41, 5.74) is 0. The van der Waals surface area contributed by atoms with Crippen molar-refractivity contribution in [3.63, 3.8) is 0 Å². The van der Waals surface area contributed by atoms with E-state index < -0.39 is 0 Å². The molecule has 0 unspecified atom stereocenters. The van der Waals surface area contributed by atoms with Crippen LogP contribution in [0.4, 0.5) is 5.82 Å². The number of nitrogens with zero attached hydrogens (tertiary/aromatic N) is 2. The first-order valence-corrected chi connectivity index (χ1v) is 6.88. The zero-order valence-corrected chi connectivity index (χ0v) is 11.7. The summed E-state index contributed by atoms with van der Waals surface area (Å²) in [5.74, 6) is 0.586. The first kappa shape index (κ1) is 13.5. The predicted molar refractivity (Wildman–Crippen MR) is 74.5 cm³/mol. The number of aromatic nitrogens is 1. The van der Waals surface area contributed by atoms with Crippen LogP contribution in [0, 0.1) is 0 Å². The third kappa shape index (κ3) is 4.36. The SMILES string of the molecule is O=C(CN1CCCNCC1)Nc1ccc(Br)cn1. The number of carbonyl (C=O) groups excluding carboxylic acids is 1. The first-order chi connectivity index (χ1) is 8.74. The molecule has 1 amide bonds. The van der Waals surface area contributed by atoms with Crippen molar-refractivity contribution in [3.8, 4) is 0 Å². The summed E-state index contributed by atoms with van der Waals surface area (Å²) in [4.78, 5) is 18.1. The Labute approximate surface area is 115 Å². The molecule has 5 nitrogen and oxygen atoms in total. The maximum atomic E-state index is 11.9. The highest BCUT2D eigenvalue weighted by molar-refractivity contribution is 9.10. The summed E-state index contributed by atoms with van der Waals surface area (Å²) in [7, 11) is 0. The lowest BCUT2D eigenvalue weighted by molar-refractivity contribution is -0.117. The van der Waals surface area contributed by atoms with Gasteiger partial charge < -0.3 is 10.6 Å². The molecule has 0 aliphatic carbocycles. The highest BCUT2D eigenvalue weighted by Crippen LogP contribution is 2.10. The Balaban J connectivity index is 1.82. The molecule has 0 atom stereocenters. The van der Waals surface area contributed by atoms with E-state index in [0.717, 1.165) is 37.1 Å². The van der Waals surface area contributed by atoms with Crippen LogP contribution in [0.1, 0.15) is 6.42 Å². The molecule has 0 bridgehead atoms. The number of hydrogen-bond acceptors (Lipinski definition) is 4. The summed E-state index contributed by atoms with van der Waals surface area (Å²) >= 11 is 3.31. The number of anilines is 1. The van der Waals surface area contributed by atoms with Crippen molar-refractivity contribution < 1.29 is 4.79 Å². The van der Waals surface area contributed by atoms with Gasteiger partial charge in [0.2, 0.25) is 5.91 Å². The smallest absolute Gasteiger partial charge is 0.239 e. The molecule has 0 spiro atoms. The largest absolute Gasteiger partial charge is 0.315 e. The second-order valence-corrected chi connectivity index (χ2v) is 5.21. The molecule has 1 aliphatic rings. The predicted octanol–water partition coefficient (Wildman–Crippen LogP) is 1.08. The molecule has 2 rings (SSSR count). The minimum absolute atomic E-state index is 0.00766. The van der Waals surface area contributed by atoms with Gasteiger partial charge in [0.15, 0.2) is 0 Å². The lowest BCUT2D eigenvalue weighted by Gasteiger charge is -2.18. The lowest BCUT2D eigenvalue weighted by atomic mass is 10.4. The molecular formula is C12H17BrN4O. The number of halogens is 1. The summed E-state index contributed by atoms with van der Waals surface area (Å²) < 4.78 is 0.902. The van der Waals surface area contributed by atoms with Crippen LogP contribution in [0.3, 0.4) is 0 Å². The van der Waals surface area contributed by atoms with Crippen LogP contribution in [-0.4, -0.2) is 48.5 Å². The number of amides is 1. The van der Waals surface area contributed by atoms with Crippen molar-refractivity contribution >= 4 is 27.7 Å². The average molecular weight is 313 g/mol. The molecule has 0 saturated carbocycles. The molecule has 0 radical (unpaired) electrons. The number of nitrogens with one attached hydrogen (secondary N) is 2. The number of carbonyl (C=O) groups is 1. The fourth-order valence-electron chi connectivity index (χ4n) is 1.89. The van der Waals surface area contributed by atoms with E-state index in [4.69, 9.17) is 0 Å². The van der Waals surface area contributed by atoms with Gasteiger partial charge in [-0.25, -0.2) is 4.98 Å². The van der Waals surface area contributed by atoms with Crippen molar-refractivity contribution in [3.05, 3.63) is 22.8 Å². The van der Waals surface area contributed by atoms with E-state index in [1.165, 1.54) is 0 Å². The van der Waals surface area contributed by atoms with Gasteiger partial charge in [0.25, 0.3) is 0 Å². The zero-order chi connectivity index (χ0) is 12.8. The van der Waals surface area contributed by atoms with E-state index in [1.54, 1.807) is 12.3 Å². The molecule has 1 saturated heterocycles. The Morgan fingerprint density at radius 3 is 3.11 bits per heavy atom. The van der Waals surface area contributed by atoms with E-state index in [9.17, 15) is 4.79 Å². The molecule has 0 aromatic carbocycles. The van der Waals surface area contributed by atoms with Gasteiger partial charge in [0, 0.05) is 23.8 Å². The molecule has 1 aliphatic heterocycles. The molecule has 1 aromatic heterocycles. The van der Waals surface area contributed by atoms with Gasteiger partial charge in [-0.1, -0.05) is 0 Å². The van der Waals surface area contributed by atoms with Crippen molar-refractivity contribution in [2.45, 2.75) is 6.42 Å². The maximum Gasteiger partial charge on any atom is 0.239 e. The molecule has 2 N–H and O–H groups in total. The van der Waals surface area contributed by atoms with Crippen LogP contribution in [0.25, 0.3) is 0 Å². The minimum atomic E-state index is -0.00766. The number of rotatable bonds is 3. The fraction of sp³-hybridized carbons (Fsp3) is 0.500. The quantitative estimate of drug-likeness (QED) is 0.877. The van der Waals surface area contributed by atoms with Crippen molar-refractivity contribution in [1.29, 1.82) is 0 Å². The van der Waals surface area contributed by atoms with E-state index in [0.29, 0.717) is 12.4 Å². The summed E-state index contributed by atoms with van der Waals surface area (Å²) in [6.45, 7) is 4.30. The standard InChI is InChI=1S/C12H17BrN4O/c13-10-2-3-11(15-8-10)16-12(18)9-17-6-1-4-14-5-7-17/h2-3,8,14H,1,4-7,9H2,(H,15,16,18). The Morgan fingerprint density at radius 1 is 1.44 bits per heavy atom. The summed E-state index contributed by atoms with van der Waals surface area (Å²) in [6, 6.07) is 3.64. The lowest BCUT2D eigenvalue weighted by Crippen LogP contribution is -2.35. The highest BCUT2D eigenvalue weighted by atomic mass is 79.9. The second-order valence-electron chi connectivity index (χ2n) is 4.29. The minimum Gasteiger partial charge on any atom is -0.315 e. The normalized spacial score (nSPS) is 17.2. The Morgan fingerprint density at radius 2 is 2.33 bits per heavy atom. The monoisotopic (exact) mass is 312 g/mol. The summed E-state index contributed by atoms with van der Waals surface area (Å²) in [5, 5.41) is 6.12. The van der Waals surface area contributed by atoms with Crippen LogP contribution in [0.2, 0.25) is 0 Å². The zero-order valence-electron chi connectivity index (χ0n) is 10.2. The van der Waals surface area contributed by atoms with Crippen LogP contribution < -0.4 is 10.6 Å². The summed E-state index contributed by atoms with van der Waals surface area (Å²) in [6.07, 6.45) is 2.76.